The number of fused-ring (bicyclic) bond motifs is 1. The van der Waals surface area contributed by atoms with E-state index in [-0.39, 0.29) is 11.4 Å². The maximum atomic E-state index is 13.7. The van der Waals surface area contributed by atoms with Crippen LogP contribution in [0.4, 0.5) is 10.1 Å². The number of hydrogen-bond donors (Lipinski definition) is 2. The smallest absolute Gasteiger partial charge is 0.262 e. The number of amides is 1. The summed E-state index contributed by atoms with van der Waals surface area (Å²) in [5.74, 6) is -0.304. The minimum absolute atomic E-state index is 0.169. The third kappa shape index (κ3) is 4.53. The number of amidine groups is 1. The van der Waals surface area contributed by atoms with Crippen LogP contribution >= 0.6 is 0 Å². The summed E-state index contributed by atoms with van der Waals surface area (Å²) >= 11 is 0. The van der Waals surface area contributed by atoms with E-state index in [9.17, 15) is 24.2 Å². The Bertz CT molecular complexity index is 1220. The number of hydrogen-bond acceptors (Lipinski definition) is 6. The van der Waals surface area contributed by atoms with E-state index in [4.69, 9.17) is 0 Å². The van der Waals surface area contributed by atoms with Crippen molar-refractivity contribution in [1.82, 2.24) is 9.47 Å². The highest BCUT2D eigenvalue weighted by Gasteiger charge is 2.16. The maximum absolute atomic E-state index is 13.7. The molecule has 1 aromatic heterocycles. The molecule has 9 heteroatoms. The van der Waals surface area contributed by atoms with Gasteiger partial charge >= 0.3 is 0 Å². The predicted octanol–water partition coefficient (Wildman–Crippen LogP) is 2.40. The van der Waals surface area contributed by atoms with Gasteiger partial charge in [0.2, 0.25) is 6.41 Å². The van der Waals surface area contributed by atoms with Crippen molar-refractivity contribution in [3.63, 3.8) is 0 Å². The van der Waals surface area contributed by atoms with E-state index in [0.29, 0.717) is 40.7 Å². The number of nitrogens with zero attached hydrogens (tertiary/aromatic N) is 4. The first-order chi connectivity index (χ1) is 15.3. The number of hydrazone groups is 1. The van der Waals surface area contributed by atoms with Gasteiger partial charge in [0.15, 0.2) is 5.84 Å². The highest BCUT2D eigenvalue weighted by molar-refractivity contribution is 5.93. The Hall–Kier alpha value is -3.56. The number of halogens is 1. The molecule has 3 rings (SSSR count). The zero-order valence-corrected chi connectivity index (χ0v) is 18.1. The molecule has 0 saturated heterocycles. The number of rotatable bonds is 7. The lowest BCUT2D eigenvalue weighted by Crippen LogP contribution is -2.34. The van der Waals surface area contributed by atoms with Crippen LogP contribution in [0.3, 0.4) is 0 Å². The molecule has 1 amide bonds. The average molecular weight is 440 g/mol. The molecule has 0 aliphatic rings. The van der Waals surface area contributed by atoms with E-state index >= 15 is 0 Å². The molecule has 3 aromatic rings. The summed E-state index contributed by atoms with van der Waals surface area (Å²) in [6.45, 7) is 3.26. The fourth-order valence-electron chi connectivity index (χ4n) is 3.44. The maximum Gasteiger partial charge on any atom is 0.262 e. The highest BCUT2D eigenvalue weighted by Crippen LogP contribution is 2.27. The summed E-state index contributed by atoms with van der Waals surface area (Å²) in [5.41, 5.74) is 1.05. The first-order valence-corrected chi connectivity index (χ1v) is 10.1. The molecule has 168 valence electrons. The van der Waals surface area contributed by atoms with Gasteiger partial charge in [0.25, 0.3) is 5.56 Å². The van der Waals surface area contributed by atoms with Gasteiger partial charge in [0, 0.05) is 30.7 Å². The number of pyridine rings is 1. The fraction of sp³-hybridized carbons (Fsp3) is 0.261. The summed E-state index contributed by atoms with van der Waals surface area (Å²) in [4.78, 5) is 25.6. The number of benzene rings is 2. The van der Waals surface area contributed by atoms with Gasteiger partial charge < -0.3 is 10.2 Å². The van der Waals surface area contributed by atoms with Crippen LogP contribution in [0.15, 0.2) is 58.6 Å². The first-order valence-electron chi connectivity index (χ1n) is 10.1. The van der Waals surface area contributed by atoms with Crippen LogP contribution < -0.4 is 10.6 Å². The van der Waals surface area contributed by atoms with Crippen molar-refractivity contribution in [2.24, 2.45) is 5.10 Å². The number of aliphatic hydroxyl groups is 2. The summed E-state index contributed by atoms with van der Waals surface area (Å²) in [6, 6.07) is 10.6. The van der Waals surface area contributed by atoms with Gasteiger partial charge in [-0.05, 0) is 55.6 Å². The van der Waals surface area contributed by atoms with Crippen LogP contribution in [0, 0.1) is 5.82 Å². The molecule has 0 bridgehead atoms. The molecular formula is C23H25FN4O4. The molecule has 1 heterocycles. The van der Waals surface area contributed by atoms with Crippen LogP contribution in [0.5, 0.6) is 0 Å². The van der Waals surface area contributed by atoms with Gasteiger partial charge in [-0.1, -0.05) is 6.07 Å². The molecule has 0 saturated carbocycles. The van der Waals surface area contributed by atoms with E-state index in [1.54, 1.807) is 45.2 Å². The Morgan fingerprint density at radius 3 is 2.59 bits per heavy atom. The molecule has 0 radical (unpaired) electrons. The van der Waals surface area contributed by atoms with Gasteiger partial charge in [-0.15, -0.1) is 0 Å². The van der Waals surface area contributed by atoms with Crippen LogP contribution in [-0.4, -0.2) is 52.1 Å². The Balaban J connectivity index is 2.16. The van der Waals surface area contributed by atoms with Crippen molar-refractivity contribution in [2.75, 3.05) is 25.2 Å². The number of aromatic nitrogens is 1. The van der Waals surface area contributed by atoms with E-state index in [1.807, 2.05) is 0 Å². The largest absolute Gasteiger partial charge is 0.389 e. The van der Waals surface area contributed by atoms with Crippen molar-refractivity contribution < 1.29 is 19.4 Å². The normalized spacial score (nSPS) is 12.6. The second-order valence-corrected chi connectivity index (χ2v) is 7.23. The van der Waals surface area contributed by atoms with E-state index < -0.39 is 18.5 Å². The summed E-state index contributed by atoms with van der Waals surface area (Å²) in [5, 5.41) is 26.6. The SMILES string of the molecule is CCN(C=O)/C(CO)=N\N(C)c1ccc2c(=O)n(-c3cccc(F)c3)cc(C(C)O)c2c1. The molecule has 0 spiro atoms. The Labute approximate surface area is 184 Å². The molecule has 2 N–H and O–H groups in total. The van der Waals surface area contributed by atoms with E-state index in [1.165, 1.54) is 38.9 Å². The van der Waals surface area contributed by atoms with Crippen LogP contribution in [0.1, 0.15) is 25.5 Å². The topological polar surface area (TPSA) is 98.4 Å². The molecule has 8 nitrogen and oxygen atoms in total. The first kappa shape index (κ1) is 23.1. The van der Waals surface area contributed by atoms with Crippen LogP contribution in [0.25, 0.3) is 16.5 Å². The number of anilines is 1. The average Bonchev–Trinajstić information content (AvgIpc) is 2.78. The molecule has 0 aliphatic heterocycles. The lowest BCUT2D eigenvalue weighted by atomic mass is 10.0. The van der Waals surface area contributed by atoms with Gasteiger partial charge in [-0.25, -0.2) is 4.39 Å². The third-order valence-corrected chi connectivity index (χ3v) is 5.15. The van der Waals surface area contributed by atoms with Crippen molar-refractivity contribution in [2.45, 2.75) is 20.0 Å². The van der Waals surface area contributed by atoms with Gasteiger partial charge in [0.05, 0.1) is 17.5 Å². The van der Waals surface area contributed by atoms with Crippen molar-refractivity contribution in [1.29, 1.82) is 0 Å². The van der Waals surface area contributed by atoms with Gasteiger partial charge in [-0.2, -0.15) is 5.10 Å². The Morgan fingerprint density at radius 1 is 1.25 bits per heavy atom. The highest BCUT2D eigenvalue weighted by atomic mass is 19.1. The fourth-order valence-corrected chi connectivity index (χ4v) is 3.44. The number of carbonyl (C=O) groups excluding carboxylic acids is 1. The second-order valence-electron chi connectivity index (χ2n) is 7.23. The zero-order valence-electron chi connectivity index (χ0n) is 18.1. The number of aliphatic hydroxyl groups excluding tert-OH is 2. The second kappa shape index (κ2) is 9.71. The number of carbonyl (C=O) groups is 1. The minimum Gasteiger partial charge on any atom is -0.389 e. The van der Waals surface area contributed by atoms with Crippen molar-refractivity contribution in [3.05, 3.63) is 70.4 Å². The minimum atomic E-state index is -0.902. The third-order valence-electron chi connectivity index (χ3n) is 5.15. The summed E-state index contributed by atoms with van der Waals surface area (Å²) < 4.78 is 15.0. The molecule has 1 unspecified atom stereocenters. The quantitative estimate of drug-likeness (QED) is 0.254. The molecule has 1 atom stereocenters. The van der Waals surface area contributed by atoms with E-state index in [2.05, 4.69) is 5.10 Å². The summed E-state index contributed by atoms with van der Waals surface area (Å²) in [7, 11) is 1.64. The van der Waals surface area contributed by atoms with Crippen molar-refractivity contribution >= 4 is 28.7 Å². The lowest BCUT2D eigenvalue weighted by molar-refractivity contribution is -0.114. The monoisotopic (exact) mass is 440 g/mol. The number of likely N-dealkylation sites (N-methyl/N-ethyl adjacent to an activating group) is 1. The van der Waals surface area contributed by atoms with E-state index in [0.717, 1.165) is 0 Å². The summed E-state index contributed by atoms with van der Waals surface area (Å²) in [6.07, 6.45) is 1.19. The van der Waals surface area contributed by atoms with Crippen LogP contribution in [-0.2, 0) is 4.79 Å². The Kier molecular flexibility index (Phi) is 7.01. The molecule has 2 aromatic carbocycles. The molecule has 0 aliphatic carbocycles. The zero-order chi connectivity index (χ0) is 23.4. The molecular weight excluding hydrogens is 415 g/mol. The van der Waals surface area contributed by atoms with Crippen LogP contribution in [0.2, 0.25) is 0 Å². The Morgan fingerprint density at radius 2 is 2.00 bits per heavy atom. The molecule has 0 fully saturated rings. The molecule has 32 heavy (non-hydrogen) atoms. The lowest BCUT2D eigenvalue weighted by Gasteiger charge is -2.21. The standard InChI is InChI=1S/C23H25FN4O4/c1-4-27(14-30)22(13-29)25-26(3)17-8-9-19-20(11-17)21(15(2)31)12-28(23(19)32)18-7-5-6-16(24)10-18/h5-12,14-15,29,31H,4,13H2,1-3H3/b25-22-. The van der Waals surface area contributed by atoms with Crippen molar-refractivity contribution in [3.8, 4) is 5.69 Å². The predicted molar refractivity (Wildman–Crippen MR) is 122 cm³/mol. The van der Waals surface area contributed by atoms with Gasteiger partial charge in [-0.3, -0.25) is 24.1 Å². The van der Waals surface area contributed by atoms with Gasteiger partial charge in [0.1, 0.15) is 12.4 Å².